The number of halogens is 3. The van der Waals surface area contributed by atoms with Crippen LogP contribution in [0.1, 0.15) is 18.1 Å². The molecule has 3 N–H and O–H groups in total. The summed E-state index contributed by atoms with van der Waals surface area (Å²) in [4.78, 5) is 8.81. The van der Waals surface area contributed by atoms with Gasteiger partial charge in [-0.05, 0) is 31.5 Å². The fraction of sp³-hybridized carbons (Fsp3) is 0.238. The highest BCUT2D eigenvalue weighted by Gasteiger charge is 2.32. The summed E-state index contributed by atoms with van der Waals surface area (Å²) in [7, 11) is 0. The fourth-order valence-corrected chi connectivity index (χ4v) is 2.81. The summed E-state index contributed by atoms with van der Waals surface area (Å²) in [5, 5.41) is 15.2. The van der Waals surface area contributed by atoms with Crippen LogP contribution in [0.3, 0.4) is 0 Å². The van der Waals surface area contributed by atoms with Gasteiger partial charge in [0.2, 0.25) is 5.95 Å². The molecule has 1 heterocycles. The number of rotatable bonds is 6. The standard InChI is InChI=1S/C21H21F3N4O/c1-13(12-29)25-20-27-18(15-7-4-3-5-8-15)11-19(28-20)26-17-10-6-9-16(14(17)2)21(22,23)24/h3-11,13,29H,12H2,1-2H3,(H2,25,26,27,28)/t13-/m1/s1. The van der Waals surface area contributed by atoms with Crippen molar-refractivity contribution in [3.05, 3.63) is 65.7 Å². The van der Waals surface area contributed by atoms with Gasteiger partial charge >= 0.3 is 6.18 Å². The predicted molar refractivity (Wildman–Crippen MR) is 107 cm³/mol. The van der Waals surface area contributed by atoms with Crippen molar-refractivity contribution < 1.29 is 18.3 Å². The van der Waals surface area contributed by atoms with E-state index in [1.807, 2.05) is 30.3 Å². The minimum absolute atomic E-state index is 0.0816. The Morgan fingerprint density at radius 3 is 2.41 bits per heavy atom. The Balaban J connectivity index is 2.02. The molecule has 0 saturated carbocycles. The molecular formula is C21H21F3N4O. The van der Waals surface area contributed by atoms with Gasteiger partial charge in [-0.1, -0.05) is 36.4 Å². The molecule has 0 amide bonds. The summed E-state index contributed by atoms with van der Waals surface area (Å²) < 4.78 is 39.6. The molecule has 1 aromatic heterocycles. The molecule has 0 spiro atoms. The molecule has 2 aromatic carbocycles. The lowest BCUT2D eigenvalue weighted by molar-refractivity contribution is -0.138. The number of nitrogens with one attached hydrogen (secondary N) is 2. The molecule has 0 fully saturated rings. The summed E-state index contributed by atoms with van der Waals surface area (Å²) in [5.74, 6) is 0.606. The third kappa shape index (κ3) is 5.03. The van der Waals surface area contributed by atoms with Gasteiger partial charge in [-0.2, -0.15) is 18.2 Å². The highest BCUT2D eigenvalue weighted by molar-refractivity contribution is 5.69. The molecule has 29 heavy (non-hydrogen) atoms. The number of hydrogen-bond donors (Lipinski definition) is 3. The van der Waals surface area contributed by atoms with E-state index < -0.39 is 11.7 Å². The van der Waals surface area contributed by atoms with E-state index in [1.165, 1.54) is 13.0 Å². The van der Waals surface area contributed by atoms with E-state index in [0.717, 1.165) is 11.6 Å². The van der Waals surface area contributed by atoms with Crippen molar-refractivity contribution in [2.24, 2.45) is 0 Å². The second-order valence-corrected chi connectivity index (χ2v) is 6.66. The molecule has 0 radical (unpaired) electrons. The molecule has 152 valence electrons. The Labute approximate surface area is 166 Å². The van der Waals surface area contributed by atoms with Crippen molar-refractivity contribution in [2.45, 2.75) is 26.1 Å². The van der Waals surface area contributed by atoms with E-state index >= 15 is 0 Å². The van der Waals surface area contributed by atoms with Gasteiger partial charge in [0.15, 0.2) is 0 Å². The Hall–Kier alpha value is -3.13. The fourth-order valence-electron chi connectivity index (χ4n) is 2.81. The zero-order valence-corrected chi connectivity index (χ0v) is 16.0. The van der Waals surface area contributed by atoms with Crippen molar-refractivity contribution >= 4 is 17.5 Å². The van der Waals surface area contributed by atoms with Crippen molar-refractivity contribution in [3.8, 4) is 11.3 Å². The van der Waals surface area contributed by atoms with Crippen LogP contribution in [-0.4, -0.2) is 27.7 Å². The molecule has 0 saturated heterocycles. The molecule has 0 aliphatic heterocycles. The van der Waals surface area contributed by atoms with Gasteiger partial charge in [0.05, 0.1) is 17.9 Å². The lowest BCUT2D eigenvalue weighted by atomic mass is 10.1. The lowest BCUT2D eigenvalue weighted by Crippen LogP contribution is -2.21. The van der Waals surface area contributed by atoms with Crippen LogP contribution in [0.4, 0.5) is 30.6 Å². The highest BCUT2D eigenvalue weighted by atomic mass is 19.4. The minimum atomic E-state index is -4.44. The topological polar surface area (TPSA) is 70.1 Å². The molecule has 0 aliphatic rings. The van der Waals surface area contributed by atoms with Crippen molar-refractivity contribution in [3.63, 3.8) is 0 Å². The number of nitrogens with zero attached hydrogens (tertiary/aromatic N) is 2. The van der Waals surface area contributed by atoms with Crippen LogP contribution in [0.25, 0.3) is 11.3 Å². The summed E-state index contributed by atoms with van der Waals surface area (Å²) >= 11 is 0. The number of alkyl halides is 3. The molecular weight excluding hydrogens is 381 g/mol. The van der Waals surface area contributed by atoms with Gasteiger partial charge in [-0.15, -0.1) is 0 Å². The van der Waals surface area contributed by atoms with E-state index in [4.69, 9.17) is 0 Å². The molecule has 0 bridgehead atoms. The third-order valence-corrected chi connectivity index (χ3v) is 4.35. The van der Waals surface area contributed by atoms with Crippen molar-refractivity contribution in [1.29, 1.82) is 0 Å². The maximum Gasteiger partial charge on any atom is 0.416 e. The lowest BCUT2D eigenvalue weighted by Gasteiger charge is -2.17. The number of anilines is 3. The summed E-state index contributed by atoms with van der Waals surface area (Å²) in [6.07, 6.45) is -4.44. The monoisotopic (exact) mass is 402 g/mol. The summed E-state index contributed by atoms with van der Waals surface area (Å²) in [6, 6.07) is 14.7. The average molecular weight is 402 g/mol. The van der Waals surface area contributed by atoms with Crippen LogP contribution in [0.15, 0.2) is 54.6 Å². The molecule has 3 rings (SSSR count). The second kappa shape index (κ2) is 8.48. The van der Waals surface area contributed by atoms with Gasteiger partial charge in [0, 0.05) is 23.4 Å². The van der Waals surface area contributed by atoms with Gasteiger partial charge in [-0.3, -0.25) is 0 Å². The number of benzene rings is 2. The first-order valence-corrected chi connectivity index (χ1v) is 9.03. The molecule has 8 heteroatoms. The van der Waals surface area contributed by atoms with Gasteiger partial charge in [0.25, 0.3) is 0 Å². The largest absolute Gasteiger partial charge is 0.416 e. The van der Waals surface area contributed by atoms with Crippen molar-refractivity contribution in [1.82, 2.24) is 9.97 Å². The number of aromatic nitrogens is 2. The van der Waals surface area contributed by atoms with Crippen LogP contribution in [0, 0.1) is 6.92 Å². The van der Waals surface area contributed by atoms with Crippen LogP contribution in [0.2, 0.25) is 0 Å². The highest BCUT2D eigenvalue weighted by Crippen LogP contribution is 2.35. The SMILES string of the molecule is Cc1c(Nc2cc(-c3ccccc3)nc(N[C@H](C)CO)n2)cccc1C(F)(F)F. The van der Waals surface area contributed by atoms with E-state index in [0.29, 0.717) is 17.2 Å². The second-order valence-electron chi connectivity index (χ2n) is 6.66. The zero-order valence-electron chi connectivity index (χ0n) is 16.0. The molecule has 0 unspecified atom stereocenters. The maximum atomic E-state index is 13.2. The van der Waals surface area contributed by atoms with E-state index in [2.05, 4.69) is 20.6 Å². The Morgan fingerprint density at radius 2 is 1.76 bits per heavy atom. The maximum absolute atomic E-state index is 13.2. The average Bonchev–Trinajstić information content (AvgIpc) is 2.69. The quantitative estimate of drug-likeness (QED) is 0.541. The Kier molecular flexibility index (Phi) is 6.03. The van der Waals surface area contributed by atoms with Crippen LogP contribution >= 0.6 is 0 Å². The molecule has 3 aromatic rings. The van der Waals surface area contributed by atoms with Gasteiger partial charge in [0.1, 0.15) is 5.82 Å². The molecule has 5 nitrogen and oxygen atoms in total. The minimum Gasteiger partial charge on any atom is -0.394 e. The zero-order chi connectivity index (χ0) is 21.0. The van der Waals surface area contributed by atoms with Crippen LogP contribution in [0.5, 0.6) is 0 Å². The van der Waals surface area contributed by atoms with Crippen LogP contribution in [-0.2, 0) is 6.18 Å². The summed E-state index contributed by atoms with van der Waals surface area (Å²) in [5.41, 5.74) is 1.11. The smallest absolute Gasteiger partial charge is 0.394 e. The Bertz CT molecular complexity index is 977. The third-order valence-electron chi connectivity index (χ3n) is 4.35. The first kappa shape index (κ1) is 20.6. The van der Waals surface area contributed by atoms with Gasteiger partial charge in [-0.25, -0.2) is 4.98 Å². The number of hydrogen-bond acceptors (Lipinski definition) is 5. The van der Waals surface area contributed by atoms with E-state index in [-0.39, 0.29) is 24.2 Å². The first-order chi connectivity index (χ1) is 13.8. The number of aliphatic hydroxyl groups excluding tert-OH is 1. The predicted octanol–water partition coefficient (Wildman–Crippen LogP) is 5.01. The van der Waals surface area contributed by atoms with Gasteiger partial charge < -0.3 is 15.7 Å². The Morgan fingerprint density at radius 1 is 1.03 bits per heavy atom. The first-order valence-electron chi connectivity index (χ1n) is 9.03. The van der Waals surface area contributed by atoms with Crippen LogP contribution < -0.4 is 10.6 Å². The van der Waals surface area contributed by atoms with Crippen molar-refractivity contribution in [2.75, 3.05) is 17.2 Å². The molecule has 1 atom stereocenters. The van der Waals surface area contributed by atoms with E-state index in [1.54, 1.807) is 19.1 Å². The summed E-state index contributed by atoms with van der Waals surface area (Å²) in [6.45, 7) is 3.06. The number of aliphatic hydroxyl groups is 1. The molecule has 0 aliphatic carbocycles. The van der Waals surface area contributed by atoms with E-state index in [9.17, 15) is 18.3 Å². The normalized spacial score (nSPS) is 12.5.